The Bertz CT molecular complexity index is 678. The fourth-order valence-corrected chi connectivity index (χ4v) is 5.00. The lowest BCUT2D eigenvalue weighted by Crippen LogP contribution is -2.50. The fourth-order valence-electron chi connectivity index (χ4n) is 3.23. The molecule has 2 bridgehead atoms. The summed E-state index contributed by atoms with van der Waals surface area (Å²) in [5.74, 6) is 1.94. The predicted octanol–water partition coefficient (Wildman–Crippen LogP) is 3.69. The van der Waals surface area contributed by atoms with Crippen LogP contribution in [0.3, 0.4) is 0 Å². The number of benzene rings is 1. The Balaban J connectivity index is 1.34. The summed E-state index contributed by atoms with van der Waals surface area (Å²) in [6, 6.07) is 5.75. The van der Waals surface area contributed by atoms with E-state index < -0.39 is 0 Å². The van der Waals surface area contributed by atoms with Crippen LogP contribution in [-0.4, -0.2) is 22.8 Å². The molecule has 134 valence electrons. The minimum atomic E-state index is -0.148. The molecule has 1 aromatic carbocycles. The van der Waals surface area contributed by atoms with Crippen molar-refractivity contribution >= 4 is 58.2 Å². The van der Waals surface area contributed by atoms with E-state index >= 15 is 0 Å². The first-order valence-corrected chi connectivity index (χ1v) is 10.4. The van der Waals surface area contributed by atoms with Crippen molar-refractivity contribution < 1.29 is 4.79 Å². The van der Waals surface area contributed by atoms with Crippen molar-refractivity contribution in [3.8, 4) is 0 Å². The van der Waals surface area contributed by atoms with Gasteiger partial charge in [0.05, 0.1) is 5.75 Å². The summed E-state index contributed by atoms with van der Waals surface area (Å²) in [6.07, 6.45) is 6.84. The summed E-state index contributed by atoms with van der Waals surface area (Å²) in [5.41, 5.74) is 6.24. The van der Waals surface area contributed by atoms with Crippen molar-refractivity contribution in [1.82, 2.24) is 16.2 Å². The molecule has 0 radical (unpaired) electrons. The van der Waals surface area contributed by atoms with Crippen molar-refractivity contribution in [2.24, 2.45) is 11.8 Å². The number of rotatable bonds is 5. The molecule has 0 heterocycles. The predicted molar refractivity (Wildman–Crippen MR) is 109 cm³/mol. The SMILES string of the molecule is O=C(CSCc1c(Cl)cccc1Cl)NNC(=S)N[C@@H]1C[C@@H]2C=C[C@H]1C2. The standard InChI is InChI=1S/C17H19Cl2N3OS2/c18-13-2-1-3-14(19)12(13)8-25-9-16(23)21-22-17(24)20-15-7-10-4-5-11(15)6-10/h1-5,10-11,15H,6-9H2,(H,21,23)(H2,20,22,24)/t10-,11+,15-/m1/s1. The van der Waals surface area contributed by atoms with Gasteiger partial charge in [-0.15, -0.1) is 11.8 Å². The van der Waals surface area contributed by atoms with Gasteiger partial charge < -0.3 is 5.32 Å². The monoisotopic (exact) mass is 415 g/mol. The number of thioether (sulfide) groups is 1. The number of amides is 1. The van der Waals surface area contributed by atoms with Crippen molar-refractivity contribution in [2.45, 2.75) is 24.6 Å². The highest BCUT2D eigenvalue weighted by Gasteiger charge is 2.35. The van der Waals surface area contributed by atoms with Crippen LogP contribution < -0.4 is 16.2 Å². The van der Waals surface area contributed by atoms with Crippen LogP contribution in [0.15, 0.2) is 30.4 Å². The van der Waals surface area contributed by atoms with Gasteiger partial charge in [-0.05, 0) is 54.6 Å². The second-order valence-electron chi connectivity index (χ2n) is 6.23. The third-order valence-corrected chi connectivity index (χ3v) is 6.34. The lowest BCUT2D eigenvalue weighted by atomic mass is 10.0. The van der Waals surface area contributed by atoms with Crippen molar-refractivity contribution in [3.05, 3.63) is 46.0 Å². The molecule has 25 heavy (non-hydrogen) atoms. The van der Waals surface area contributed by atoms with Gasteiger partial charge in [0, 0.05) is 21.8 Å². The van der Waals surface area contributed by atoms with Gasteiger partial charge in [0.25, 0.3) is 0 Å². The molecule has 8 heteroatoms. The van der Waals surface area contributed by atoms with Gasteiger partial charge in [-0.3, -0.25) is 15.6 Å². The molecule has 0 aliphatic heterocycles. The molecule has 0 spiro atoms. The Morgan fingerprint density at radius 1 is 1.20 bits per heavy atom. The summed E-state index contributed by atoms with van der Waals surface area (Å²) in [7, 11) is 0. The molecule has 3 rings (SSSR count). The van der Waals surface area contributed by atoms with Gasteiger partial charge in [-0.2, -0.15) is 0 Å². The van der Waals surface area contributed by atoms with E-state index in [0.717, 1.165) is 12.0 Å². The molecule has 1 saturated carbocycles. The lowest BCUT2D eigenvalue weighted by Gasteiger charge is -2.22. The highest BCUT2D eigenvalue weighted by atomic mass is 35.5. The largest absolute Gasteiger partial charge is 0.358 e. The van der Waals surface area contributed by atoms with E-state index in [0.29, 0.717) is 38.8 Å². The minimum Gasteiger partial charge on any atom is -0.358 e. The van der Waals surface area contributed by atoms with E-state index in [1.165, 1.54) is 18.2 Å². The number of fused-ring (bicyclic) bond motifs is 2. The third kappa shape index (κ3) is 5.03. The maximum Gasteiger partial charge on any atom is 0.248 e. The normalized spacial score (nSPS) is 23.5. The Hall–Kier alpha value is -0.950. The first-order chi connectivity index (χ1) is 12.0. The number of nitrogens with one attached hydrogen (secondary N) is 3. The molecular weight excluding hydrogens is 397 g/mol. The second kappa shape index (κ2) is 8.62. The van der Waals surface area contributed by atoms with Crippen molar-refractivity contribution in [2.75, 3.05) is 5.75 Å². The minimum absolute atomic E-state index is 0.148. The number of carbonyl (C=O) groups excluding carboxylic acids is 1. The van der Waals surface area contributed by atoms with Crippen molar-refractivity contribution in [3.63, 3.8) is 0 Å². The molecule has 0 aromatic heterocycles. The van der Waals surface area contributed by atoms with Crippen LogP contribution in [0.4, 0.5) is 0 Å². The van der Waals surface area contributed by atoms with E-state index in [-0.39, 0.29) is 11.7 Å². The van der Waals surface area contributed by atoms with Crippen LogP contribution in [-0.2, 0) is 10.5 Å². The van der Waals surface area contributed by atoms with Gasteiger partial charge >= 0.3 is 0 Å². The van der Waals surface area contributed by atoms with Gasteiger partial charge in [0.15, 0.2) is 5.11 Å². The zero-order valence-corrected chi connectivity index (χ0v) is 16.6. The van der Waals surface area contributed by atoms with Crippen LogP contribution in [0.1, 0.15) is 18.4 Å². The van der Waals surface area contributed by atoms with E-state index in [9.17, 15) is 4.79 Å². The summed E-state index contributed by atoms with van der Waals surface area (Å²) >= 11 is 18.9. The highest BCUT2D eigenvalue weighted by Crippen LogP contribution is 2.38. The Morgan fingerprint density at radius 2 is 1.96 bits per heavy atom. The molecule has 4 nitrogen and oxygen atoms in total. The topological polar surface area (TPSA) is 53.2 Å². The molecule has 3 N–H and O–H groups in total. The highest BCUT2D eigenvalue weighted by molar-refractivity contribution is 7.99. The lowest BCUT2D eigenvalue weighted by molar-refractivity contribution is -0.119. The van der Waals surface area contributed by atoms with Crippen LogP contribution in [0, 0.1) is 11.8 Å². The van der Waals surface area contributed by atoms with Gasteiger partial charge in [0.1, 0.15) is 0 Å². The molecule has 3 atom stereocenters. The average Bonchev–Trinajstić information content (AvgIpc) is 3.18. The van der Waals surface area contributed by atoms with E-state index in [2.05, 4.69) is 28.3 Å². The fraction of sp³-hybridized carbons (Fsp3) is 0.412. The number of hydrogen-bond acceptors (Lipinski definition) is 3. The number of allylic oxidation sites excluding steroid dienone is 1. The maximum absolute atomic E-state index is 11.9. The van der Waals surface area contributed by atoms with Gasteiger partial charge in [-0.1, -0.05) is 41.4 Å². The average molecular weight is 416 g/mol. The molecule has 1 fully saturated rings. The third-order valence-electron chi connectivity index (χ3n) is 4.45. The van der Waals surface area contributed by atoms with Crippen LogP contribution in [0.5, 0.6) is 0 Å². The first kappa shape index (κ1) is 18.8. The van der Waals surface area contributed by atoms with Gasteiger partial charge in [-0.25, -0.2) is 0 Å². The summed E-state index contributed by atoms with van der Waals surface area (Å²) in [5, 5.41) is 4.96. The maximum atomic E-state index is 11.9. The number of carbonyl (C=O) groups is 1. The molecule has 1 aromatic rings. The summed E-state index contributed by atoms with van der Waals surface area (Å²) in [4.78, 5) is 11.9. The summed E-state index contributed by atoms with van der Waals surface area (Å²) in [6.45, 7) is 0. The molecule has 2 aliphatic carbocycles. The van der Waals surface area contributed by atoms with Crippen LogP contribution >= 0.6 is 47.2 Å². The quantitative estimate of drug-likeness (QED) is 0.388. The first-order valence-electron chi connectivity index (χ1n) is 8.07. The number of hydrogen-bond donors (Lipinski definition) is 3. The number of thiocarbonyl (C=S) groups is 1. The molecular formula is C17H19Cl2N3OS2. The van der Waals surface area contributed by atoms with Crippen LogP contribution in [0.25, 0.3) is 0 Å². The molecule has 1 amide bonds. The van der Waals surface area contributed by atoms with E-state index in [1.807, 2.05) is 0 Å². The molecule has 0 saturated heterocycles. The van der Waals surface area contributed by atoms with Crippen molar-refractivity contribution in [1.29, 1.82) is 0 Å². The Morgan fingerprint density at radius 3 is 2.60 bits per heavy atom. The Labute approximate surface area is 167 Å². The molecule has 2 aliphatic rings. The second-order valence-corrected chi connectivity index (χ2v) is 8.43. The summed E-state index contributed by atoms with van der Waals surface area (Å²) < 4.78 is 0. The zero-order chi connectivity index (χ0) is 17.8. The van der Waals surface area contributed by atoms with E-state index in [1.54, 1.807) is 18.2 Å². The number of hydrazine groups is 1. The van der Waals surface area contributed by atoms with Gasteiger partial charge in [0.2, 0.25) is 5.91 Å². The smallest absolute Gasteiger partial charge is 0.248 e. The molecule has 0 unspecified atom stereocenters. The Kier molecular flexibility index (Phi) is 6.49. The number of halogens is 2. The zero-order valence-electron chi connectivity index (χ0n) is 13.4. The van der Waals surface area contributed by atoms with E-state index in [4.69, 9.17) is 35.4 Å². The van der Waals surface area contributed by atoms with Crippen LogP contribution in [0.2, 0.25) is 10.0 Å².